The molecule has 0 spiro atoms. The predicted octanol–water partition coefficient (Wildman–Crippen LogP) is -0.673. The topological polar surface area (TPSA) is 154 Å². The Kier molecular flexibility index (Phi) is 7.23. The highest BCUT2D eigenvalue weighted by Crippen LogP contribution is 2.45. The summed E-state index contributed by atoms with van der Waals surface area (Å²) in [5.74, 6) is -2.08. The summed E-state index contributed by atoms with van der Waals surface area (Å²) in [6.45, 7) is 9.07. The molecule has 4 atom stereocenters. The number of rotatable bonds is 10. The van der Waals surface area contributed by atoms with Gasteiger partial charge < -0.3 is 20.1 Å². The molecule has 0 aromatic rings. The van der Waals surface area contributed by atoms with E-state index in [0.717, 1.165) is 0 Å². The number of carbonyl (C=O) groups excluding carboxylic acids is 3. The van der Waals surface area contributed by atoms with Crippen molar-refractivity contribution in [1.29, 1.82) is 0 Å². The molecule has 3 aliphatic rings. The Hall–Kier alpha value is -2.02. The predicted molar refractivity (Wildman–Crippen MR) is 119 cm³/mol. The lowest BCUT2D eigenvalue weighted by Crippen LogP contribution is -2.57. The molecule has 0 aromatic carbocycles. The molecule has 4 N–H and O–H groups in total. The van der Waals surface area contributed by atoms with Crippen molar-refractivity contribution in [2.24, 2.45) is 5.92 Å². The van der Waals surface area contributed by atoms with Gasteiger partial charge in [0.1, 0.15) is 11.6 Å². The van der Waals surface area contributed by atoms with E-state index in [9.17, 15) is 27.9 Å². The molecule has 1 unspecified atom stereocenters. The molecule has 1 saturated heterocycles. The van der Waals surface area contributed by atoms with Crippen molar-refractivity contribution in [2.75, 3.05) is 13.1 Å². The van der Waals surface area contributed by atoms with Crippen LogP contribution in [-0.4, -0.2) is 78.1 Å². The van der Waals surface area contributed by atoms with E-state index in [-0.39, 0.29) is 13.0 Å². The summed E-state index contributed by atoms with van der Waals surface area (Å²) in [5, 5.41) is 14.6. The van der Waals surface area contributed by atoms with Crippen molar-refractivity contribution in [3.05, 3.63) is 12.7 Å². The molecule has 0 bridgehead atoms. The number of hydrogen-bond acceptors (Lipinski definition) is 8. The standard InChI is InChI=1S/C21H34N4O7S/c1-5-13-11-21(13,18(28)24-33(30,31)14-8-9-14)23-17(27)15-7-6-10-25(15)16(26)12-22-19(29)32-20(2,3)4/h5,13-15,19,22,29H,1,6-12H2,2-4H3,(H,23,27)(H,24,28)/t13-,15+,19?,21-/m1/s1. The van der Waals surface area contributed by atoms with Gasteiger partial charge >= 0.3 is 0 Å². The Morgan fingerprint density at radius 3 is 2.48 bits per heavy atom. The lowest BCUT2D eigenvalue weighted by molar-refractivity contribution is -0.183. The third-order valence-electron chi connectivity index (χ3n) is 6.02. The molecule has 1 aliphatic heterocycles. The van der Waals surface area contributed by atoms with E-state index in [1.54, 1.807) is 20.8 Å². The zero-order valence-electron chi connectivity index (χ0n) is 19.3. The van der Waals surface area contributed by atoms with Gasteiger partial charge in [0, 0.05) is 12.5 Å². The van der Waals surface area contributed by atoms with E-state index in [1.165, 1.54) is 11.0 Å². The fourth-order valence-corrected chi connectivity index (χ4v) is 5.37. The molecule has 3 amide bonds. The van der Waals surface area contributed by atoms with Gasteiger partial charge in [0.2, 0.25) is 28.3 Å². The minimum atomic E-state index is -3.76. The summed E-state index contributed by atoms with van der Waals surface area (Å²) < 4.78 is 31.8. The molecule has 33 heavy (non-hydrogen) atoms. The molecule has 12 heteroatoms. The normalized spacial score (nSPS) is 28.2. The molecule has 3 fully saturated rings. The molecule has 11 nitrogen and oxygen atoms in total. The van der Waals surface area contributed by atoms with Gasteiger partial charge in [-0.05, 0) is 52.9 Å². The SMILES string of the molecule is C=C[C@@H]1C[C@]1(NC(=O)[C@@H]1CCCN1C(=O)CNC(O)OC(C)(C)C)C(=O)NS(=O)(=O)C1CC1. The van der Waals surface area contributed by atoms with Crippen LogP contribution in [-0.2, 0) is 29.1 Å². The average molecular weight is 487 g/mol. The van der Waals surface area contributed by atoms with Gasteiger partial charge in [-0.25, -0.2) is 8.42 Å². The first kappa shape index (κ1) is 25.6. The van der Waals surface area contributed by atoms with Gasteiger partial charge in [0.15, 0.2) is 0 Å². The number of ether oxygens (including phenoxy) is 1. The third kappa shape index (κ3) is 6.11. The maximum absolute atomic E-state index is 13.1. The minimum absolute atomic E-state index is 0.235. The van der Waals surface area contributed by atoms with Crippen molar-refractivity contribution in [1.82, 2.24) is 20.3 Å². The van der Waals surface area contributed by atoms with E-state index in [1.807, 2.05) is 0 Å². The smallest absolute Gasteiger partial charge is 0.259 e. The molecule has 3 rings (SSSR count). The molecular formula is C21H34N4O7S. The zero-order valence-corrected chi connectivity index (χ0v) is 20.1. The largest absolute Gasteiger partial charge is 0.356 e. The second-order valence-electron chi connectivity index (χ2n) is 9.89. The molecule has 1 heterocycles. The second kappa shape index (κ2) is 9.32. The number of hydrogen-bond donors (Lipinski definition) is 4. The van der Waals surface area contributed by atoms with Crippen LogP contribution >= 0.6 is 0 Å². The van der Waals surface area contributed by atoms with Crippen molar-refractivity contribution in [3.8, 4) is 0 Å². The van der Waals surface area contributed by atoms with Crippen LogP contribution in [0, 0.1) is 5.92 Å². The van der Waals surface area contributed by atoms with E-state index in [0.29, 0.717) is 32.2 Å². The first-order valence-corrected chi connectivity index (χ1v) is 12.7. The average Bonchev–Trinajstić information content (AvgIpc) is 3.61. The van der Waals surface area contributed by atoms with Gasteiger partial charge in [0.25, 0.3) is 5.91 Å². The van der Waals surface area contributed by atoms with E-state index in [2.05, 4.69) is 21.9 Å². The van der Waals surface area contributed by atoms with Gasteiger partial charge in [-0.1, -0.05) is 6.08 Å². The van der Waals surface area contributed by atoms with Crippen LogP contribution in [0.5, 0.6) is 0 Å². The quantitative estimate of drug-likeness (QED) is 0.234. The summed E-state index contributed by atoms with van der Waals surface area (Å²) >= 11 is 0. The van der Waals surface area contributed by atoms with Crippen LogP contribution in [0.4, 0.5) is 0 Å². The number of nitrogens with zero attached hydrogens (tertiary/aromatic N) is 1. The van der Waals surface area contributed by atoms with Crippen molar-refractivity contribution >= 4 is 27.7 Å². The summed E-state index contributed by atoms with van der Waals surface area (Å²) in [7, 11) is -3.76. The Balaban J connectivity index is 1.61. The van der Waals surface area contributed by atoms with Crippen LogP contribution in [0.3, 0.4) is 0 Å². The molecule has 0 aromatic heterocycles. The minimum Gasteiger partial charge on any atom is -0.356 e. The number of nitrogens with one attached hydrogen (secondary N) is 3. The van der Waals surface area contributed by atoms with Gasteiger partial charge in [-0.15, -0.1) is 6.58 Å². The molecule has 186 valence electrons. The molecule has 2 saturated carbocycles. The highest BCUT2D eigenvalue weighted by Gasteiger charge is 2.61. The van der Waals surface area contributed by atoms with Gasteiger partial charge in [-0.2, -0.15) is 0 Å². The van der Waals surface area contributed by atoms with Crippen molar-refractivity contribution < 1.29 is 32.6 Å². The summed E-state index contributed by atoms with van der Waals surface area (Å²) in [6.07, 6.45) is 2.45. The number of sulfonamides is 1. The number of aliphatic hydroxyl groups excluding tert-OH is 1. The molecule has 0 radical (unpaired) electrons. The summed E-state index contributed by atoms with van der Waals surface area (Å²) in [6, 6.07) is -0.796. The fraction of sp³-hybridized carbons (Fsp3) is 0.762. The summed E-state index contributed by atoms with van der Waals surface area (Å²) in [5.41, 5.74) is -1.99. The van der Waals surface area contributed by atoms with E-state index in [4.69, 9.17) is 4.74 Å². The van der Waals surface area contributed by atoms with Crippen LogP contribution in [0.2, 0.25) is 0 Å². The van der Waals surface area contributed by atoms with Crippen molar-refractivity contribution in [3.63, 3.8) is 0 Å². The maximum Gasteiger partial charge on any atom is 0.259 e. The van der Waals surface area contributed by atoms with Gasteiger partial charge in [0.05, 0.1) is 17.4 Å². The van der Waals surface area contributed by atoms with Crippen LogP contribution < -0.4 is 15.4 Å². The lowest BCUT2D eigenvalue weighted by Gasteiger charge is -2.28. The number of aliphatic hydroxyl groups is 1. The monoisotopic (exact) mass is 486 g/mol. The van der Waals surface area contributed by atoms with E-state index < -0.39 is 62.5 Å². The number of amides is 3. The van der Waals surface area contributed by atoms with Crippen LogP contribution in [0.25, 0.3) is 0 Å². The molecular weight excluding hydrogens is 452 g/mol. The van der Waals surface area contributed by atoms with Crippen LogP contribution in [0.15, 0.2) is 12.7 Å². The lowest BCUT2D eigenvalue weighted by atomic mass is 10.1. The number of likely N-dealkylation sites (tertiary alicyclic amines) is 1. The highest BCUT2D eigenvalue weighted by molar-refractivity contribution is 7.91. The van der Waals surface area contributed by atoms with Gasteiger partial charge in [-0.3, -0.25) is 24.4 Å². The summed E-state index contributed by atoms with van der Waals surface area (Å²) in [4.78, 5) is 39.9. The first-order valence-electron chi connectivity index (χ1n) is 11.2. The van der Waals surface area contributed by atoms with Crippen molar-refractivity contribution in [2.45, 2.75) is 81.7 Å². The van der Waals surface area contributed by atoms with E-state index >= 15 is 0 Å². The Bertz CT molecular complexity index is 912. The van der Waals surface area contributed by atoms with Crippen LogP contribution in [0.1, 0.15) is 52.9 Å². The molecule has 2 aliphatic carbocycles. The maximum atomic E-state index is 13.1. The highest BCUT2D eigenvalue weighted by atomic mass is 32.2. The first-order chi connectivity index (χ1) is 15.3. The zero-order chi connectivity index (χ0) is 24.6. The second-order valence-corrected chi connectivity index (χ2v) is 11.9. The third-order valence-corrected chi connectivity index (χ3v) is 7.84. The Morgan fingerprint density at radius 1 is 1.27 bits per heavy atom. The fourth-order valence-electron chi connectivity index (χ4n) is 4.01. The Labute approximate surface area is 194 Å². The number of carbonyl (C=O) groups is 3. The Morgan fingerprint density at radius 2 is 1.94 bits per heavy atom.